The molecule has 0 aliphatic rings. The van der Waals surface area contributed by atoms with Crippen molar-refractivity contribution in [2.24, 2.45) is 0 Å². The Morgan fingerprint density at radius 2 is 2.05 bits per heavy atom. The SMILES string of the molecule is CCc1nn(CC)c(CNCCOCCN(C)C)c1Cl. The van der Waals surface area contributed by atoms with Crippen LogP contribution in [0.3, 0.4) is 0 Å². The van der Waals surface area contributed by atoms with E-state index in [2.05, 4.69) is 29.2 Å². The maximum Gasteiger partial charge on any atom is 0.0863 e. The largest absolute Gasteiger partial charge is 0.379 e. The van der Waals surface area contributed by atoms with Gasteiger partial charge in [-0.25, -0.2) is 0 Å². The van der Waals surface area contributed by atoms with Crippen molar-refractivity contribution >= 4 is 11.6 Å². The fraction of sp³-hybridized carbons (Fsp3) is 0.786. The Bertz CT molecular complexity index is 393. The van der Waals surface area contributed by atoms with Crippen molar-refractivity contribution in [1.82, 2.24) is 20.0 Å². The van der Waals surface area contributed by atoms with Gasteiger partial charge in [0.15, 0.2) is 0 Å². The fourth-order valence-electron chi connectivity index (χ4n) is 1.89. The normalized spacial score (nSPS) is 11.5. The van der Waals surface area contributed by atoms with E-state index in [1.807, 2.05) is 18.8 Å². The van der Waals surface area contributed by atoms with Gasteiger partial charge in [0.05, 0.1) is 29.6 Å². The zero-order valence-electron chi connectivity index (χ0n) is 13.1. The number of aromatic nitrogens is 2. The third-order valence-corrected chi connectivity index (χ3v) is 3.53. The number of hydrogen-bond acceptors (Lipinski definition) is 4. The maximum absolute atomic E-state index is 6.35. The minimum Gasteiger partial charge on any atom is -0.379 e. The number of aryl methyl sites for hydroxylation is 2. The first-order chi connectivity index (χ1) is 9.60. The van der Waals surface area contributed by atoms with Gasteiger partial charge in [-0.2, -0.15) is 5.10 Å². The van der Waals surface area contributed by atoms with E-state index in [1.54, 1.807) is 0 Å². The predicted molar refractivity (Wildman–Crippen MR) is 83.4 cm³/mol. The molecule has 20 heavy (non-hydrogen) atoms. The van der Waals surface area contributed by atoms with Crippen LogP contribution in [0.15, 0.2) is 0 Å². The lowest BCUT2D eigenvalue weighted by Crippen LogP contribution is -2.24. The molecule has 0 aliphatic carbocycles. The average Bonchev–Trinajstić information content (AvgIpc) is 2.73. The van der Waals surface area contributed by atoms with Crippen LogP contribution in [0, 0.1) is 0 Å². The van der Waals surface area contributed by atoms with Gasteiger partial charge in [-0.3, -0.25) is 4.68 Å². The molecule has 0 atom stereocenters. The molecule has 1 N–H and O–H groups in total. The van der Waals surface area contributed by atoms with E-state index in [1.165, 1.54) is 0 Å². The Morgan fingerprint density at radius 3 is 2.65 bits per heavy atom. The lowest BCUT2D eigenvalue weighted by Gasteiger charge is -2.10. The van der Waals surface area contributed by atoms with E-state index < -0.39 is 0 Å². The first-order valence-corrected chi connectivity index (χ1v) is 7.65. The minimum atomic E-state index is 0.715. The summed E-state index contributed by atoms with van der Waals surface area (Å²) in [5.41, 5.74) is 2.05. The second-order valence-corrected chi connectivity index (χ2v) is 5.35. The van der Waals surface area contributed by atoms with E-state index in [0.717, 1.165) is 55.6 Å². The standard InChI is InChI=1S/C14H27ClN4O/c1-5-12-14(15)13(19(6-2)17-12)11-16-7-9-20-10-8-18(3)4/h16H,5-11H2,1-4H3. The monoisotopic (exact) mass is 302 g/mol. The quantitative estimate of drug-likeness (QED) is 0.669. The second-order valence-electron chi connectivity index (χ2n) is 4.97. The molecule has 1 rings (SSSR count). The Balaban J connectivity index is 2.29. The van der Waals surface area contributed by atoms with Gasteiger partial charge in [0.25, 0.3) is 0 Å². The Hall–Kier alpha value is -0.620. The van der Waals surface area contributed by atoms with E-state index in [9.17, 15) is 0 Å². The molecular formula is C14H27ClN4O. The van der Waals surface area contributed by atoms with Gasteiger partial charge in [0.1, 0.15) is 0 Å². The van der Waals surface area contributed by atoms with Crippen molar-refractivity contribution in [3.63, 3.8) is 0 Å². The van der Waals surface area contributed by atoms with Crippen LogP contribution >= 0.6 is 11.6 Å². The zero-order chi connectivity index (χ0) is 15.0. The molecule has 116 valence electrons. The zero-order valence-corrected chi connectivity index (χ0v) is 13.8. The van der Waals surface area contributed by atoms with Crippen molar-refractivity contribution in [1.29, 1.82) is 0 Å². The van der Waals surface area contributed by atoms with Crippen molar-refractivity contribution in [2.45, 2.75) is 33.4 Å². The van der Waals surface area contributed by atoms with Crippen LogP contribution in [-0.4, -0.2) is 55.1 Å². The lowest BCUT2D eigenvalue weighted by molar-refractivity contribution is 0.119. The molecule has 0 fully saturated rings. The number of hydrogen-bond donors (Lipinski definition) is 1. The van der Waals surface area contributed by atoms with E-state index in [0.29, 0.717) is 6.61 Å². The van der Waals surface area contributed by atoms with E-state index in [4.69, 9.17) is 16.3 Å². The van der Waals surface area contributed by atoms with Crippen molar-refractivity contribution in [3.05, 3.63) is 16.4 Å². The Morgan fingerprint density at radius 1 is 1.30 bits per heavy atom. The second kappa shape index (κ2) is 9.34. The maximum atomic E-state index is 6.35. The highest BCUT2D eigenvalue weighted by Crippen LogP contribution is 2.21. The smallest absolute Gasteiger partial charge is 0.0863 e. The van der Waals surface area contributed by atoms with Crippen LogP contribution in [0.1, 0.15) is 25.2 Å². The van der Waals surface area contributed by atoms with Gasteiger partial charge in [0, 0.05) is 26.2 Å². The summed E-state index contributed by atoms with van der Waals surface area (Å²) >= 11 is 6.35. The highest BCUT2D eigenvalue weighted by molar-refractivity contribution is 6.31. The molecule has 6 heteroatoms. The topological polar surface area (TPSA) is 42.3 Å². The van der Waals surface area contributed by atoms with Gasteiger partial charge >= 0.3 is 0 Å². The molecule has 0 unspecified atom stereocenters. The molecule has 0 amide bonds. The summed E-state index contributed by atoms with van der Waals surface area (Å²) in [5, 5.41) is 8.66. The molecule has 5 nitrogen and oxygen atoms in total. The van der Waals surface area contributed by atoms with Crippen LogP contribution in [-0.2, 0) is 24.2 Å². The first-order valence-electron chi connectivity index (χ1n) is 7.27. The number of ether oxygens (including phenoxy) is 1. The Labute approximate surface area is 127 Å². The fourth-order valence-corrected chi connectivity index (χ4v) is 2.22. The van der Waals surface area contributed by atoms with Crippen LogP contribution in [0.2, 0.25) is 5.02 Å². The first kappa shape index (κ1) is 17.4. The summed E-state index contributed by atoms with van der Waals surface area (Å²) < 4.78 is 7.51. The van der Waals surface area contributed by atoms with Gasteiger partial charge in [0.2, 0.25) is 0 Å². The summed E-state index contributed by atoms with van der Waals surface area (Å²) in [6, 6.07) is 0. The summed E-state index contributed by atoms with van der Waals surface area (Å²) in [6.45, 7) is 8.98. The number of halogens is 1. The number of likely N-dealkylation sites (N-methyl/N-ethyl adjacent to an activating group) is 1. The molecular weight excluding hydrogens is 276 g/mol. The molecule has 0 aliphatic heterocycles. The molecule has 1 aromatic heterocycles. The van der Waals surface area contributed by atoms with Crippen LogP contribution < -0.4 is 5.32 Å². The summed E-state index contributed by atoms with van der Waals surface area (Å²) in [4.78, 5) is 2.11. The molecule has 1 aromatic rings. The van der Waals surface area contributed by atoms with Crippen LogP contribution in [0.5, 0.6) is 0 Å². The molecule has 0 saturated heterocycles. The number of nitrogens with one attached hydrogen (secondary N) is 1. The van der Waals surface area contributed by atoms with Gasteiger partial charge in [-0.15, -0.1) is 0 Å². The Kier molecular flexibility index (Phi) is 8.14. The molecule has 0 aromatic carbocycles. The predicted octanol–water partition coefficient (Wildman–Crippen LogP) is 1.79. The average molecular weight is 303 g/mol. The molecule has 0 bridgehead atoms. The lowest BCUT2D eigenvalue weighted by atomic mass is 10.3. The number of nitrogens with zero attached hydrogens (tertiary/aromatic N) is 3. The molecule has 1 heterocycles. The summed E-state index contributed by atoms with van der Waals surface area (Å²) in [7, 11) is 4.08. The van der Waals surface area contributed by atoms with Crippen molar-refractivity contribution in [3.8, 4) is 0 Å². The van der Waals surface area contributed by atoms with Crippen LogP contribution in [0.4, 0.5) is 0 Å². The highest BCUT2D eigenvalue weighted by Gasteiger charge is 2.13. The third kappa shape index (κ3) is 5.40. The minimum absolute atomic E-state index is 0.715. The van der Waals surface area contributed by atoms with Gasteiger partial charge in [-0.1, -0.05) is 18.5 Å². The highest BCUT2D eigenvalue weighted by atomic mass is 35.5. The van der Waals surface area contributed by atoms with Crippen molar-refractivity contribution in [2.75, 3.05) is 40.4 Å². The van der Waals surface area contributed by atoms with E-state index in [-0.39, 0.29) is 0 Å². The van der Waals surface area contributed by atoms with Gasteiger partial charge < -0.3 is 15.0 Å². The molecule has 0 spiro atoms. The summed E-state index contributed by atoms with van der Waals surface area (Å²) in [5.74, 6) is 0. The van der Waals surface area contributed by atoms with Crippen molar-refractivity contribution < 1.29 is 4.74 Å². The summed E-state index contributed by atoms with van der Waals surface area (Å²) in [6.07, 6.45) is 0.868. The number of rotatable bonds is 10. The third-order valence-electron chi connectivity index (χ3n) is 3.09. The molecule has 0 saturated carbocycles. The van der Waals surface area contributed by atoms with Crippen LogP contribution in [0.25, 0.3) is 0 Å². The molecule has 0 radical (unpaired) electrons. The van der Waals surface area contributed by atoms with E-state index >= 15 is 0 Å². The van der Waals surface area contributed by atoms with Gasteiger partial charge in [-0.05, 0) is 27.4 Å².